The molecular weight excluding hydrogens is 423 g/mol. The van der Waals surface area contributed by atoms with Crippen molar-refractivity contribution in [1.82, 2.24) is 10.0 Å². The second-order valence-corrected chi connectivity index (χ2v) is 8.93. The molecule has 1 saturated carbocycles. The van der Waals surface area contributed by atoms with Crippen LogP contribution in [-0.2, 0) is 16.1 Å². The third kappa shape index (κ3) is 3.84. The lowest BCUT2D eigenvalue weighted by Gasteiger charge is -2.31. The summed E-state index contributed by atoms with van der Waals surface area (Å²) < 4.78 is 0. The van der Waals surface area contributed by atoms with E-state index in [0.29, 0.717) is 23.8 Å². The van der Waals surface area contributed by atoms with Gasteiger partial charge in [-0.05, 0) is 55.0 Å². The molecule has 5 nitrogen and oxygen atoms in total. The molecule has 1 aliphatic heterocycles. The second-order valence-electron chi connectivity index (χ2n) is 8.09. The first kappa shape index (κ1) is 20.9. The molecule has 0 N–H and O–H groups in total. The second kappa shape index (κ2) is 8.40. The average Bonchev–Trinajstić information content (AvgIpc) is 2.97. The molecule has 156 valence electrons. The van der Waals surface area contributed by atoms with Crippen LogP contribution in [0.25, 0.3) is 0 Å². The number of benzene rings is 2. The van der Waals surface area contributed by atoms with Gasteiger partial charge in [-0.2, -0.15) is 5.01 Å². The zero-order valence-electron chi connectivity index (χ0n) is 16.6. The van der Waals surface area contributed by atoms with Crippen molar-refractivity contribution in [2.45, 2.75) is 32.7 Å². The van der Waals surface area contributed by atoms with E-state index >= 15 is 0 Å². The molecule has 1 aliphatic carbocycles. The molecule has 3 amide bonds. The van der Waals surface area contributed by atoms with Gasteiger partial charge in [0.2, 0.25) is 0 Å². The summed E-state index contributed by atoms with van der Waals surface area (Å²) in [6, 6.07) is 13.6. The van der Waals surface area contributed by atoms with Crippen molar-refractivity contribution in [3.05, 3.63) is 69.7 Å². The van der Waals surface area contributed by atoms with E-state index in [9.17, 15) is 14.4 Å². The number of carbonyl (C=O) groups is 3. The van der Waals surface area contributed by atoms with Crippen LogP contribution in [0.4, 0.5) is 0 Å². The standard InChI is InChI=1S/C23H22Cl2N2O3/c1-14-6-11-17-19(12-14)23(30)27(22(17)29)26(13-15-7-9-16(24)10-8-15)21(28)18-4-2-3-5-20(18)25/h2-5,7-10,14,17,19H,6,11-13H2,1H3/t14-,17-,19-/m1/s1. The van der Waals surface area contributed by atoms with Crippen LogP contribution in [0.15, 0.2) is 48.5 Å². The molecule has 0 aromatic heterocycles. The van der Waals surface area contributed by atoms with Gasteiger partial charge in [-0.3, -0.25) is 14.4 Å². The zero-order chi connectivity index (χ0) is 21.4. The first-order valence-electron chi connectivity index (χ1n) is 10.1. The van der Waals surface area contributed by atoms with Crippen LogP contribution in [0.1, 0.15) is 42.1 Å². The van der Waals surface area contributed by atoms with Crippen LogP contribution in [0, 0.1) is 17.8 Å². The number of nitrogens with zero attached hydrogens (tertiary/aromatic N) is 2. The summed E-state index contributed by atoms with van der Waals surface area (Å²) in [4.78, 5) is 39.9. The molecule has 1 heterocycles. The highest BCUT2D eigenvalue weighted by atomic mass is 35.5. The molecule has 2 aromatic carbocycles. The Labute approximate surface area is 185 Å². The van der Waals surface area contributed by atoms with Crippen molar-refractivity contribution in [1.29, 1.82) is 0 Å². The zero-order valence-corrected chi connectivity index (χ0v) is 18.1. The van der Waals surface area contributed by atoms with E-state index in [1.165, 1.54) is 5.01 Å². The van der Waals surface area contributed by atoms with Gasteiger partial charge in [0.1, 0.15) is 0 Å². The number of carbonyl (C=O) groups excluding carboxylic acids is 3. The summed E-state index contributed by atoms with van der Waals surface area (Å²) in [5, 5.41) is 3.14. The van der Waals surface area contributed by atoms with Crippen molar-refractivity contribution in [3.63, 3.8) is 0 Å². The van der Waals surface area contributed by atoms with Crippen LogP contribution in [-0.4, -0.2) is 27.7 Å². The molecule has 4 rings (SSSR count). The summed E-state index contributed by atoms with van der Waals surface area (Å²) >= 11 is 12.2. The minimum absolute atomic E-state index is 0.0632. The lowest BCUT2D eigenvalue weighted by Crippen LogP contribution is -2.49. The highest BCUT2D eigenvalue weighted by Gasteiger charge is 2.52. The smallest absolute Gasteiger partial charge is 0.272 e. The maximum Gasteiger partial charge on any atom is 0.274 e. The van der Waals surface area contributed by atoms with E-state index in [2.05, 4.69) is 6.92 Å². The van der Waals surface area contributed by atoms with Gasteiger partial charge in [0, 0.05) is 5.02 Å². The molecule has 0 radical (unpaired) electrons. The first-order chi connectivity index (χ1) is 14.4. The van der Waals surface area contributed by atoms with Gasteiger partial charge in [-0.15, -0.1) is 0 Å². The number of rotatable bonds is 4. The van der Waals surface area contributed by atoms with E-state index in [4.69, 9.17) is 23.2 Å². The van der Waals surface area contributed by atoms with Gasteiger partial charge < -0.3 is 0 Å². The predicted octanol–water partition coefficient (Wildman–Crippen LogP) is 4.97. The summed E-state index contributed by atoms with van der Waals surface area (Å²) in [5.74, 6) is -1.43. The number of hydrogen-bond donors (Lipinski definition) is 0. The van der Waals surface area contributed by atoms with Crippen LogP contribution >= 0.6 is 23.2 Å². The molecule has 1 saturated heterocycles. The number of halogens is 2. The molecule has 7 heteroatoms. The number of amides is 3. The summed E-state index contributed by atoms with van der Waals surface area (Å²) in [7, 11) is 0. The maximum atomic E-state index is 13.5. The van der Waals surface area contributed by atoms with E-state index in [1.54, 1.807) is 48.5 Å². The van der Waals surface area contributed by atoms with Crippen LogP contribution in [0.5, 0.6) is 0 Å². The highest BCUT2D eigenvalue weighted by Crippen LogP contribution is 2.41. The topological polar surface area (TPSA) is 57.7 Å². The van der Waals surface area contributed by atoms with Gasteiger partial charge >= 0.3 is 0 Å². The van der Waals surface area contributed by atoms with E-state index in [1.807, 2.05) is 0 Å². The van der Waals surface area contributed by atoms with E-state index < -0.39 is 5.91 Å². The molecule has 2 aliphatic rings. The summed E-state index contributed by atoms with van der Waals surface area (Å²) in [5.41, 5.74) is 1.00. The molecule has 30 heavy (non-hydrogen) atoms. The number of fused-ring (bicyclic) bond motifs is 1. The van der Waals surface area contributed by atoms with Crippen molar-refractivity contribution in [2.75, 3.05) is 0 Å². The van der Waals surface area contributed by atoms with E-state index in [-0.39, 0.29) is 40.8 Å². The van der Waals surface area contributed by atoms with Gasteiger partial charge in [0.25, 0.3) is 17.7 Å². The Morgan fingerprint density at radius 1 is 1.00 bits per heavy atom. The number of hydrazine groups is 1. The van der Waals surface area contributed by atoms with Crippen molar-refractivity contribution < 1.29 is 14.4 Å². The summed E-state index contributed by atoms with van der Waals surface area (Å²) in [6.45, 7) is 2.16. The minimum Gasteiger partial charge on any atom is -0.272 e. The Morgan fingerprint density at radius 3 is 2.37 bits per heavy atom. The molecule has 3 atom stereocenters. The highest BCUT2D eigenvalue weighted by molar-refractivity contribution is 6.33. The lowest BCUT2D eigenvalue weighted by atomic mass is 9.76. The number of hydrogen-bond acceptors (Lipinski definition) is 3. The average molecular weight is 445 g/mol. The Bertz CT molecular complexity index is 992. The molecular formula is C23H22Cl2N2O3. The van der Waals surface area contributed by atoms with Gasteiger partial charge in [0.05, 0.1) is 29.0 Å². The fraction of sp³-hybridized carbons (Fsp3) is 0.348. The van der Waals surface area contributed by atoms with Gasteiger partial charge in [-0.25, -0.2) is 5.01 Å². The monoisotopic (exact) mass is 444 g/mol. The molecule has 2 fully saturated rings. The maximum absolute atomic E-state index is 13.5. The Hall–Kier alpha value is -2.37. The largest absolute Gasteiger partial charge is 0.274 e. The molecule has 0 spiro atoms. The summed E-state index contributed by atoms with van der Waals surface area (Å²) in [6.07, 6.45) is 2.24. The first-order valence-corrected chi connectivity index (χ1v) is 10.8. The Kier molecular flexibility index (Phi) is 5.85. The predicted molar refractivity (Wildman–Crippen MR) is 115 cm³/mol. The van der Waals surface area contributed by atoms with Crippen LogP contribution < -0.4 is 0 Å². The van der Waals surface area contributed by atoms with Crippen molar-refractivity contribution in [3.8, 4) is 0 Å². The fourth-order valence-electron chi connectivity index (χ4n) is 4.38. The third-order valence-corrected chi connectivity index (χ3v) is 6.57. The minimum atomic E-state index is -0.482. The van der Waals surface area contributed by atoms with Crippen LogP contribution in [0.2, 0.25) is 10.0 Å². The number of imide groups is 1. The van der Waals surface area contributed by atoms with E-state index in [0.717, 1.165) is 17.0 Å². The van der Waals surface area contributed by atoms with Crippen molar-refractivity contribution >= 4 is 40.9 Å². The molecule has 0 bridgehead atoms. The fourth-order valence-corrected chi connectivity index (χ4v) is 4.72. The lowest BCUT2D eigenvalue weighted by molar-refractivity contribution is -0.155. The van der Waals surface area contributed by atoms with Crippen LogP contribution in [0.3, 0.4) is 0 Å². The SMILES string of the molecule is C[C@@H]1CC[C@H]2C(=O)N(N(Cc3ccc(Cl)cc3)C(=O)c3ccccc3Cl)C(=O)[C@@H]2C1. The normalized spacial score (nSPS) is 23.4. The Balaban J connectivity index is 1.72. The molecule has 2 aromatic rings. The molecule has 0 unspecified atom stereocenters. The Morgan fingerprint density at radius 2 is 1.67 bits per heavy atom. The van der Waals surface area contributed by atoms with Crippen molar-refractivity contribution in [2.24, 2.45) is 17.8 Å². The van der Waals surface area contributed by atoms with Gasteiger partial charge in [-0.1, -0.05) is 54.4 Å². The third-order valence-electron chi connectivity index (χ3n) is 5.99. The quantitative estimate of drug-likeness (QED) is 0.625. The van der Waals surface area contributed by atoms with Gasteiger partial charge in [0.15, 0.2) is 0 Å².